The molecule has 5 nitrogen and oxygen atoms in total. The molecule has 0 saturated heterocycles. The summed E-state index contributed by atoms with van der Waals surface area (Å²) in [5, 5.41) is 18.2. The van der Waals surface area contributed by atoms with Crippen LogP contribution in [0.25, 0.3) is 0 Å². The maximum Gasteiger partial charge on any atom is 0.345 e. The number of aliphatic carboxylic acids is 1. The number of aliphatic hydroxyl groups is 1. The maximum atomic E-state index is 11.0. The van der Waals surface area contributed by atoms with E-state index in [1.165, 1.54) is 51.4 Å². The molecule has 134 valence electrons. The average Bonchev–Trinajstić information content (AvgIpc) is 2.87. The molecule has 1 heterocycles. The smallest absolute Gasteiger partial charge is 0.345 e. The van der Waals surface area contributed by atoms with Crippen molar-refractivity contribution in [2.24, 2.45) is 0 Å². The number of carboxylic acid groups (broad SMARTS) is 1. The first-order valence-corrected chi connectivity index (χ1v) is 9.37. The van der Waals surface area contributed by atoms with Gasteiger partial charge in [-0.05, 0) is 6.42 Å². The van der Waals surface area contributed by atoms with Gasteiger partial charge >= 0.3 is 5.97 Å². The number of β-amino-alcohol motifs (C(OH)–C–C–N with tert-alkyl or cyclic N) is 1. The van der Waals surface area contributed by atoms with Crippen LogP contribution in [-0.2, 0) is 4.79 Å². The van der Waals surface area contributed by atoms with Gasteiger partial charge in [-0.1, -0.05) is 58.3 Å². The van der Waals surface area contributed by atoms with Crippen molar-refractivity contribution in [3.05, 3.63) is 0 Å². The van der Waals surface area contributed by atoms with Crippen LogP contribution in [0.2, 0.25) is 0 Å². The van der Waals surface area contributed by atoms with Gasteiger partial charge in [-0.15, -0.1) is 0 Å². The summed E-state index contributed by atoms with van der Waals surface area (Å²) in [6.07, 6.45) is 12.6. The highest BCUT2D eigenvalue weighted by molar-refractivity contribution is 5.79. The summed E-state index contributed by atoms with van der Waals surface area (Å²) in [7, 11) is 0. The first-order chi connectivity index (χ1) is 11.2. The highest BCUT2D eigenvalue weighted by atomic mass is 16.4. The molecule has 0 aliphatic carbocycles. The van der Waals surface area contributed by atoms with Crippen LogP contribution in [-0.4, -0.2) is 64.3 Å². The summed E-state index contributed by atoms with van der Waals surface area (Å²) in [4.78, 5) is 13.1. The van der Waals surface area contributed by atoms with Crippen LogP contribution in [0.1, 0.15) is 71.1 Å². The monoisotopic (exact) mass is 327 g/mol. The summed E-state index contributed by atoms with van der Waals surface area (Å²) >= 11 is 0. The maximum absolute atomic E-state index is 11.0. The molecular weight excluding hydrogens is 292 g/mol. The Morgan fingerprint density at radius 2 is 1.70 bits per heavy atom. The number of amidine groups is 1. The van der Waals surface area contributed by atoms with Gasteiger partial charge < -0.3 is 10.2 Å². The molecule has 0 atom stereocenters. The molecule has 0 aromatic rings. The minimum atomic E-state index is -0.777. The lowest BCUT2D eigenvalue weighted by molar-refractivity contribution is -0.509. The molecule has 0 bridgehead atoms. The normalized spacial score (nSPS) is 14.8. The molecule has 1 rings (SSSR count). The Balaban J connectivity index is 2.24. The van der Waals surface area contributed by atoms with Crippen LogP contribution in [0, 0.1) is 0 Å². The number of rotatable bonds is 14. The first kappa shape index (κ1) is 19.9. The van der Waals surface area contributed by atoms with E-state index in [4.69, 9.17) is 10.2 Å². The lowest BCUT2D eigenvalue weighted by Gasteiger charge is -2.12. The van der Waals surface area contributed by atoms with Crippen molar-refractivity contribution in [2.75, 3.05) is 32.8 Å². The zero-order valence-electron chi connectivity index (χ0n) is 14.8. The summed E-state index contributed by atoms with van der Waals surface area (Å²) < 4.78 is 1.96. The number of hydrogen-bond acceptors (Lipinski definition) is 3. The summed E-state index contributed by atoms with van der Waals surface area (Å²) in [5.41, 5.74) is 0. The van der Waals surface area contributed by atoms with Crippen molar-refractivity contribution >= 4 is 11.8 Å². The topological polar surface area (TPSA) is 63.8 Å². The Bertz CT molecular complexity index is 369. The molecule has 0 unspecified atom stereocenters. The molecule has 0 saturated carbocycles. The number of unbranched alkanes of at least 4 members (excludes halogenated alkanes) is 8. The standard InChI is InChI=1S/C18H34N2O3/c1-2-3-4-5-6-7-8-9-10-11-17-19(14-15-21)12-13-20(17)16-18(22)23/h21H,2-16H2,1H3/p+1. The van der Waals surface area contributed by atoms with E-state index in [1.807, 2.05) is 4.58 Å². The second kappa shape index (κ2) is 12.3. The van der Waals surface area contributed by atoms with Crippen molar-refractivity contribution in [2.45, 2.75) is 71.1 Å². The fraction of sp³-hybridized carbons (Fsp3) is 0.889. The van der Waals surface area contributed by atoms with Crippen molar-refractivity contribution in [1.82, 2.24) is 4.90 Å². The van der Waals surface area contributed by atoms with Gasteiger partial charge in [0.15, 0.2) is 6.54 Å². The fourth-order valence-electron chi connectivity index (χ4n) is 3.30. The Hall–Kier alpha value is -1.10. The van der Waals surface area contributed by atoms with Gasteiger partial charge in [-0.2, -0.15) is 0 Å². The van der Waals surface area contributed by atoms with Crippen LogP contribution in [0.3, 0.4) is 0 Å². The third-order valence-corrected chi connectivity index (χ3v) is 4.57. The van der Waals surface area contributed by atoms with Crippen LogP contribution < -0.4 is 0 Å². The second-order valence-electron chi connectivity index (χ2n) is 6.52. The zero-order chi connectivity index (χ0) is 16.9. The van der Waals surface area contributed by atoms with E-state index in [0.29, 0.717) is 6.54 Å². The number of aliphatic hydroxyl groups excluding tert-OH is 1. The Labute approximate surface area is 141 Å². The third kappa shape index (κ3) is 8.35. The van der Waals surface area contributed by atoms with Crippen molar-refractivity contribution in [1.29, 1.82) is 0 Å². The number of nitrogens with zero attached hydrogens (tertiary/aromatic N) is 2. The Morgan fingerprint density at radius 1 is 1.09 bits per heavy atom. The average molecular weight is 327 g/mol. The Kier molecular flexibility index (Phi) is 10.7. The van der Waals surface area contributed by atoms with Crippen LogP contribution in [0.4, 0.5) is 0 Å². The minimum Gasteiger partial charge on any atom is -0.478 e. The summed E-state index contributed by atoms with van der Waals surface area (Å²) in [5.74, 6) is 0.338. The minimum absolute atomic E-state index is 0.0781. The van der Waals surface area contributed by atoms with Crippen LogP contribution in [0.5, 0.6) is 0 Å². The highest BCUT2D eigenvalue weighted by Crippen LogP contribution is 2.13. The van der Waals surface area contributed by atoms with Gasteiger partial charge in [-0.3, -0.25) is 9.48 Å². The predicted molar refractivity (Wildman–Crippen MR) is 93.1 cm³/mol. The number of carboxylic acids is 1. The summed E-state index contributed by atoms with van der Waals surface area (Å²) in [6, 6.07) is 0. The molecule has 0 spiro atoms. The van der Waals surface area contributed by atoms with Gasteiger partial charge in [-0.25, -0.2) is 4.79 Å². The van der Waals surface area contributed by atoms with Gasteiger partial charge in [0.05, 0.1) is 6.61 Å². The summed E-state index contributed by atoms with van der Waals surface area (Å²) in [6.45, 7) is 4.66. The van der Waals surface area contributed by atoms with Gasteiger partial charge in [0.2, 0.25) is 5.84 Å². The van der Waals surface area contributed by atoms with Crippen LogP contribution in [0.15, 0.2) is 0 Å². The SMILES string of the molecule is CCCCCCCCCCCC1=[N+](CC(=O)O)CCN1CCO. The molecule has 2 N–H and O–H groups in total. The third-order valence-electron chi connectivity index (χ3n) is 4.57. The molecule has 5 heteroatoms. The molecule has 0 aromatic heterocycles. The molecule has 0 radical (unpaired) electrons. The molecular formula is C18H35N2O3+. The molecule has 1 aliphatic heterocycles. The van der Waals surface area contributed by atoms with Gasteiger partial charge in [0.25, 0.3) is 0 Å². The number of hydrogen-bond donors (Lipinski definition) is 2. The van der Waals surface area contributed by atoms with E-state index in [0.717, 1.165) is 31.8 Å². The van der Waals surface area contributed by atoms with E-state index in [2.05, 4.69) is 11.8 Å². The molecule has 23 heavy (non-hydrogen) atoms. The fourth-order valence-corrected chi connectivity index (χ4v) is 3.30. The van der Waals surface area contributed by atoms with Gasteiger partial charge in [0.1, 0.15) is 19.6 Å². The quantitative estimate of drug-likeness (QED) is 0.380. The lowest BCUT2D eigenvalue weighted by Crippen LogP contribution is -2.33. The van der Waals surface area contributed by atoms with Crippen molar-refractivity contribution < 1.29 is 19.6 Å². The predicted octanol–water partition coefficient (Wildman–Crippen LogP) is 2.71. The Morgan fingerprint density at radius 3 is 2.26 bits per heavy atom. The van der Waals surface area contributed by atoms with E-state index in [1.54, 1.807) is 0 Å². The van der Waals surface area contributed by atoms with E-state index >= 15 is 0 Å². The van der Waals surface area contributed by atoms with E-state index in [-0.39, 0.29) is 13.2 Å². The van der Waals surface area contributed by atoms with E-state index < -0.39 is 5.97 Å². The van der Waals surface area contributed by atoms with Gasteiger partial charge in [0, 0.05) is 6.42 Å². The molecule has 0 amide bonds. The van der Waals surface area contributed by atoms with Crippen molar-refractivity contribution in [3.8, 4) is 0 Å². The first-order valence-electron chi connectivity index (χ1n) is 9.37. The van der Waals surface area contributed by atoms with Crippen LogP contribution >= 0.6 is 0 Å². The highest BCUT2D eigenvalue weighted by Gasteiger charge is 2.30. The molecule has 0 fully saturated rings. The van der Waals surface area contributed by atoms with E-state index in [9.17, 15) is 4.79 Å². The lowest BCUT2D eigenvalue weighted by atomic mass is 10.1. The number of carbonyl (C=O) groups is 1. The second-order valence-corrected chi connectivity index (χ2v) is 6.52. The molecule has 0 aromatic carbocycles. The largest absolute Gasteiger partial charge is 0.478 e. The van der Waals surface area contributed by atoms with Crippen molar-refractivity contribution in [3.63, 3.8) is 0 Å². The zero-order valence-corrected chi connectivity index (χ0v) is 14.8. The molecule has 1 aliphatic rings.